The summed E-state index contributed by atoms with van der Waals surface area (Å²) in [5.74, 6) is 0.372. The Morgan fingerprint density at radius 3 is 2.21 bits per heavy atom. The molecule has 1 saturated heterocycles. The van der Waals surface area contributed by atoms with Crippen LogP contribution >= 0.6 is 0 Å². The number of likely N-dealkylation sites (tertiary alicyclic amines) is 1. The van der Waals surface area contributed by atoms with Crippen LogP contribution in [0.25, 0.3) is 0 Å². The minimum atomic E-state index is -1.87. The van der Waals surface area contributed by atoms with Gasteiger partial charge in [0.2, 0.25) is 0 Å². The van der Waals surface area contributed by atoms with Gasteiger partial charge >= 0.3 is 6.09 Å². The maximum absolute atomic E-state index is 12.9. The Balaban J connectivity index is 2.10. The third-order valence-corrected chi connectivity index (χ3v) is 11.6. The van der Waals surface area contributed by atoms with E-state index in [1.54, 1.807) is 0 Å². The van der Waals surface area contributed by atoms with Gasteiger partial charge in [-0.15, -0.1) is 0 Å². The molecular weight excluding hydrogens is 382 g/mol. The molecule has 0 aromatic carbocycles. The number of aliphatic hydroxyl groups excluding tert-OH is 1. The van der Waals surface area contributed by atoms with Gasteiger partial charge in [-0.05, 0) is 76.9 Å². The maximum Gasteiger partial charge on any atom is 0.410 e. The molecule has 2 aliphatic rings. The van der Waals surface area contributed by atoms with Crippen molar-refractivity contribution >= 4 is 14.4 Å². The fraction of sp³-hybridized carbons (Fsp3) is 0.957. The van der Waals surface area contributed by atoms with Crippen LogP contribution in [0, 0.1) is 5.92 Å². The first kappa shape index (κ1) is 24.7. The number of piperidine rings is 1. The van der Waals surface area contributed by atoms with E-state index in [0.717, 1.165) is 25.7 Å². The topological polar surface area (TPSA) is 59.0 Å². The zero-order valence-electron chi connectivity index (χ0n) is 20.1. The molecule has 1 saturated carbocycles. The van der Waals surface area contributed by atoms with Gasteiger partial charge in [0.05, 0.1) is 6.10 Å². The molecule has 2 rings (SSSR count). The second-order valence-electron chi connectivity index (χ2n) is 11.7. The predicted molar refractivity (Wildman–Crippen MR) is 121 cm³/mol. The highest BCUT2D eigenvalue weighted by Crippen LogP contribution is 2.40. The number of hydrogen-bond acceptors (Lipinski definition) is 4. The molecule has 0 spiro atoms. The lowest BCUT2D eigenvalue weighted by atomic mass is 9.89. The molecule has 3 atom stereocenters. The minimum Gasteiger partial charge on any atom is -0.444 e. The Kier molecular flexibility index (Phi) is 7.89. The number of aliphatic hydroxyl groups is 1. The lowest BCUT2D eigenvalue weighted by molar-refractivity contribution is -0.0199. The minimum absolute atomic E-state index is 0.0241. The zero-order valence-corrected chi connectivity index (χ0v) is 21.1. The van der Waals surface area contributed by atoms with Crippen molar-refractivity contribution in [2.75, 3.05) is 6.54 Å². The van der Waals surface area contributed by atoms with Crippen LogP contribution in [-0.4, -0.2) is 54.8 Å². The standard InChI is InChI=1S/C23H45NO4Si/c1-22(2,3)27-21(26)24-14-13-19(28-29(7,8)23(4,5)6)15-18(24)16-20(25)17-11-9-10-12-17/h17-20,25H,9-16H2,1-8H3/t18-,19+,20+/m1/s1. The molecule has 2 fully saturated rings. The molecule has 1 heterocycles. The second kappa shape index (κ2) is 9.27. The number of amides is 1. The first-order chi connectivity index (χ1) is 13.2. The van der Waals surface area contributed by atoms with Gasteiger partial charge in [0.15, 0.2) is 8.32 Å². The van der Waals surface area contributed by atoms with Crippen LogP contribution in [0.15, 0.2) is 0 Å². The van der Waals surface area contributed by atoms with Crippen LogP contribution in [0.1, 0.15) is 86.5 Å². The van der Waals surface area contributed by atoms with Crippen molar-refractivity contribution in [3.05, 3.63) is 0 Å². The SMILES string of the molecule is CC(C)(C)OC(=O)N1CC[C@H](O[Si](C)(C)C(C)(C)C)C[C@@H]1C[C@H](O)C1CCCC1. The highest BCUT2D eigenvalue weighted by molar-refractivity contribution is 6.74. The van der Waals surface area contributed by atoms with Gasteiger partial charge in [0.1, 0.15) is 5.60 Å². The molecule has 0 bridgehead atoms. The summed E-state index contributed by atoms with van der Waals surface area (Å²) >= 11 is 0. The van der Waals surface area contributed by atoms with Crippen LogP contribution < -0.4 is 0 Å². The van der Waals surface area contributed by atoms with E-state index in [2.05, 4.69) is 33.9 Å². The van der Waals surface area contributed by atoms with Crippen molar-refractivity contribution in [1.82, 2.24) is 4.90 Å². The maximum atomic E-state index is 12.9. The average molecular weight is 428 g/mol. The molecule has 1 aliphatic heterocycles. The van der Waals surface area contributed by atoms with Crippen LogP contribution in [-0.2, 0) is 9.16 Å². The Hall–Kier alpha value is -0.593. The van der Waals surface area contributed by atoms with E-state index in [1.807, 2.05) is 25.7 Å². The highest BCUT2D eigenvalue weighted by Gasteiger charge is 2.43. The third kappa shape index (κ3) is 6.96. The van der Waals surface area contributed by atoms with E-state index < -0.39 is 13.9 Å². The Morgan fingerprint density at radius 2 is 1.69 bits per heavy atom. The molecule has 0 unspecified atom stereocenters. The monoisotopic (exact) mass is 427 g/mol. The number of ether oxygens (including phenoxy) is 1. The zero-order chi connectivity index (χ0) is 22.0. The van der Waals surface area contributed by atoms with Crippen LogP contribution in [0.4, 0.5) is 4.79 Å². The van der Waals surface area contributed by atoms with E-state index in [9.17, 15) is 9.90 Å². The molecule has 0 aromatic heterocycles. The molecule has 0 aromatic rings. The number of rotatable bonds is 5. The fourth-order valence-electron chi connectivity index (χ4n) is 4.31. The Morgan fingerprint density at radius 1 is 1.10 bits per heavy atom. The summed E-state index contributed by atoms with van der Waals surface area (Å²) in [6, 6.07) is -0.0241. The van der Waals surface area contributed by atoms with Crippen molar-refractivity contribution in [3.8, 4) is 0 Å². The van der Waals surface area contributed by atoms with Gasteiger partial charge in [0, 0.05) is 18.7 Å². The fourth-order valence-corrected chi connectivity index (χ4v) is 5.71. The van der Waals surface area contributed by atoms with Gasteiger partial charge < -0.3 is 19.2 Å². The van der Waals surface area contributed by atoms with E-state index in [0.29, 0.717) is 18.9 Å². The van der Waals surface area contributed by atoms with Crippen LogP contribution in [0.5, 0.6) is 0 Å². The van der Waals surface area contributed by atoms with Crippen molar-refractivity contribution in [2.24, 2.45) is 5.92 Å². The van der Waals surface area contributed by atoms with Crippen LogP contribution in [0.2, 0.25) is 18.1 Å². The van der Waals surface area contributed by atoms with Crippen molar-refractivity contribution < 1.29 is 19.1 Å². The number of carbonyl (C=O) groups is 1. The summed E-state index contributed by atoms with van der Waals surface area (Å²) in [5.41, 5.74) is -0.514. The lowest BCUT2D eigenvalue weighted by Crippen LogP contribution is -2.53. The van der Waals surface area contributed by atoms with Crippen molar-refractivity contribution in [1.29, 1.82) is 0 Å². The quantitative estimate of drug-likeness (QED) is 0.570. The van der Waals surface area contributed by atoms with Gasteiger partial charge in [-0.2, -0.15) is 0 Å². The normalized spacial score (nSPS) is 25.9. The van der Waals surface area contributed by atoms with E-state index in [4.69, 9.17) is 9.16 Å². The van der Waals surface area contributed by atoms with E-state index in [1.165, 1.54) is 12.8 Å². The Bertz CT molecular complexity index is 546. The van der Waals surface area contributed by atoms with E-state index in [-0.39, 0.29) is 29.4 Å². The summed E-state index contributed by atoms with van der Waals surface area (Å²) in [5, 5.41) is 11.0. The van der Waals surface area contributed by atoms with Gasteiger partial charge in [-0.1, -0.05) is 33.6 Å². The summed E-state index contributed by atoms with van der Waals surface area (Å²) in [6.07, 6.45) is 6.41. The molecule has 1 aliphatic carbocycles. The smallest absolute Gasteiger partial charge is 0.410 e. The van der Waals surface area contributed by atoms with Crippen LogP contribution in [0.3, 0.4) is 0 Å². The molecule has 0 radical (unpaired) electrons. The highest BCUT2D eigenvalue weighted by atomic mass is 28.4. The molecule has 170 valence electrons. The molecule has 29 heavy (non-hydrogen) atoms. The summed E-state index contributed by atoms with van der Waals surface area (Å²) in [7, 11) is -1.87. The molecule has 6 heteroatoms. The summed E-state index contributed by atoms with van der Waals surface area (Å²) < 4.78 is 12.4. The van der Waals surface area contributed by atoms with Gasteiger partial charge in [0.25, 0.3) is 0 Å². The number of nitrogens with zero attached hydrogens (tertiary/aromatic N) is 1. The number of carbonyl (C=O) groups excluding carboxylic acids is 1. The Labute approximate surface area is 179 Å². The van der Waals surface area contributed by atoms with Gasteiger partial charge in [-0.3, -0.25) is 0 Å². The largest absolute Gasteiger partial charge is 0.444 e. The average Bonchev–Trinajstić information content (AvgIpc) is 3.06. The van der Waals surface area contributed by atoms with Crippen molar-refractivity contribution in [2.45, 2.75) is 128 Å². The molecule has 5 nitrogen and oxygen atoms in total. The first-order valence-electron chi connectivity index (χ1n) is 11.5. The number of hydrogen-bond donors (Lipinski definition) is 1. The molecular formula is C23H45NO4Si. The molecule has 1 N–H and O–H groups in total. The summed E-state index contributed by atoms with van der Waals surface area (Å²) in [4.78, 5) is 14.7. The predicted octanol–water partition coefficient (Wildman–Crippen LogP) is 5.72. The first-order valence-corrected chi connectivity index (χ1v) is 14.5. The van der Waals surface area contributed by atoms with E-state index >= 15 is 0 Å². The summed E-state index contributed by atoms with van der Waals surface area (Å²) in [6.45, 7) is 17.7. The second-order valence-corrected chi connectivity index (χ2v) is 16.5. The lowest BCUT2D eigenvalue weighted by Gasteiger charge is -2.45. The third-order valence-electron chi connectivity index (χ3n) is 7.02. The molecule has 1 amide bonds. The van der Waals surface area contributed by atoms with Gasteiger partial charge in [-0.25, -0.2) is 4.79 Å². The van der Waals surface area contributed by atoms with Crippen molar-refractivity contribution in [3.63, 3.8) is 0 Å².